The second kappa shape index (κ2) is 44.1. The first-order valence-electron chi connectivity index (χ1n) is 31.5. The van der Waals surface area contributed by atoms with Crippen LogP contribution in [0.15, 0.2) is 0 Å². The lowest BCUT2D eigenvalue weighted by molar-refractivity contribution is -0.297. The molecule has 0 unspecified atom stereocenters. The van der Waals surface area contributed by atoms with Crippen LogP contribution in [0.5, 0.6) is 0 Å². The Labute approximate surface area is 460 Å². The van der Waals surface area contributed by atoms with Crippen molar-refractivity contribution >= 4 is 29.6 Å². The molecule has 3 aliphatic heterocycles. The molecule has 0 spiro atoms. The summed E-state index contributed by atoms with van der Waals surface area (Å²) in [7, 11) is 0. The number of aliphatic hydroxyl groups is 5. The van der Waals surface area contributed by atoms with Gasteiger partial charge in [-0.25, -0.2) is 4.79 Å². The van der Waals surface area contributed by atoms with E-state index < -0.39 is 49.0 Å². The van der Waals surface area contributed by atoms with E-state index in [4.69, 9.17) is 9.47 Å². The van der Waals surface area contributed by atoms with Gasteiger partial charge in [0.2, 0.25) is 11.8 Å². The van der Waals surface area contributed by atoms with Gasteiger partial charge < -0.3 is 56.3 Å². The molecule has 15 heteroatoms. The van der Waals surface area contributed by atoms with Gasteiger partial charge in [-0.1, -0.05) is 239 Å². The van der Waals surface area contributed by atoms with Crippen LogP contribution in [0.2, 0.25) is 0 Å². The summed E-state index contributed by atoms with van der Waals surface area (Å²) in [4.78, 5) is 37.8. The van der Waals surface area contributed by atoms with Crippen molar-refractivity contribution in [2.45, 2.75) is 343 Å². The Morgan fingerprint density at radius 3 is 1.52 bits per heavy atom. The number of unbranched alkanes of at least 4 members (excludes halogenated alkanes) is 34. The fourth-order valence-electron chi connectivity index (χ4n) is 11.2. The van der Waals surface area contributed by atoms with Crippen molar-refractivity contribution < 1.29 is 49.4 Å². The number of carbonyl (C=O) groups excluding carboxylic acids is 3. The maximum atomic E-state index is 13.3. The number of nitrogens with one attached hydrogen (secondary N) is 4. The summed E-state index contributed by atoms with van der Waals surface area (Å²) in [5.74, 6) is 0.365. The van der Waals surface area contributed by atoms with Crippen molar-refractivity contribution in [1.82, 2.24) is 21.3 Å². The molecule has 4 amide bonds. The summed E-state index contributed by atoms with van der Waals surface area (Å²) in [5, 5.41) is 67.0. The minimum absolute atomic E-state index is 0.111. The highest BCUT2D eigenvalue weighted by atomic mass is 32.2. The Morgan fingerprint density at radius 2 is 1.03 bits per heavy atom. The summed E-state index contributed by atoms with van der Waals surface area (Å²) in [6.45, 7) is 4.06. The fourth-order valence-corrected chi connectivity index (χ4v) is 12.8. The first-order valence-corrected chi connectivity index (χ1v) is 32.5. The first kappa shape index (κ1) is 67.6. The Kier molecular flexibility index (Phi) is 39.7. The largest absolute Gasteiger partial charge is 0.390 e. The minimum Gasteiger partial charge on any atom is -0.390 e. The van der Waals surface area contributed by atoms with Crippen LogP contribution in [0.3, 0.4) is 0 Å². The van der Waals surface area contributed by atoms with Gasteiger partial charge in [0.1, 0.15) is 30.5 Å². The van der Waals surface area contributed by atoms with Crippen molar-refractivity contribution in [2.75, 3.05) is 18.9 Å². The van der Waals surface area contributed by atoms with E-state index in [1.54, 1.807) is 0 Å². The van der Waals surface area contributed by atoms with Gasteiger partial charge in [0, 0.05) is 30.4 Å². The van der Waals surface area contributed by atoms with Crippen LogP contribution in [0.1, 0.15) is 277 Å². The Hall–Kier alpha value is -1.72. The maximum Gasteiger partial charge on any atom is 0.315 e. The third-order valence-electron chi connectivity index (χ3n) is 16.2. The van der Waals surface area contributed by atoms with Crippen molar-refractivity contribution in [3.8, 4) is 0 Å². The lowest BCUT2D eigenvalue weighted by atomic mass is 9.98. The average Bonchev–Trinajstić information content (AvgIpc) is 3.97. The monoisotopic (exact) mass is 1080 g/mol. The molecule has 0 aromatic carbocycles. The standard InChI is InChI=1S/C60H114N4O10S/c1-3-5-7-9-11-13-15-17-18-19-20-21-22-23-24-25-26-27-29-31-33-35-37-43-53(67)62-47(55(68)49(65)40-36-34-32-30-28-16-14-12-10-8-6-4-2)45-73-59-58(71)57(70)56(69)50(74-59)44-61-52(66)42-39-38-41-51-54-48(46-75-51)63-60(72)64-54/h47-51,54-59,65,68-71H,3-46H2,1-2H3,(H,61,66)(H,62,67)(H2,63,64,72)/t47-,48-,49+,50+,51-,54-,55-,56-,57-,58+,59+/m0/s1. The van der Waals surface area contributed by atoms with Gasteiger partial charge in [-0.15, -0.1) is 0 Å². The molecule has 0 aromatic rings. The maximum absolute atomic E-state index is 13.3. The molecule has 0 bridgehead atoms. The van der Waals surface area contributed by atoms with E-state index in [1.807, 2.05) is 11.8 Å². The molecule has 11 atom stereocenters. The van der Waals surface area contributed by atoms with Crippen molar-refractivity contribution in [3.05, 3.63) is 0 Å². The number of rotatable bonds is 50. The second-order valence-electron chi connectivity index (χ2n) is 23.0. The van der Waals surface area contributed by atoms with Gasteiger partial charge in [0.15, 0.2) is 6.29 Å². The van der Waals surface area contributed by atoms with Crippen molar-refractivity contribution in [2.24, 2.45) is 0 Å². The smallest absolute Gasteiger partial charge is 0.315 e. The molecular formula is C60H114N4O10S. The molecule has 3 rings (SSSR count). The zero-order valence-electron chi connectivity index (χ0n) is 47.6. The van der Waals surface area contributed by atoms with Crippen LogP contribution in [0.25, 0.3) is 0 Å². The van der Waals surface area contributed by atoms with E-state index in [2.05, 4.69) is 35.1 Å². The summed E-state index contributed by atoms with van der Waals surface area (Å²) < 4.78 is 11.8. The zero-order chi connectivity index (χ0) is 54.1. The Balaban J connectivity index is 1.34. The quantitative estimate of drug-likeness (QED) is 0.0206. The highest BCUT2D eigenvalue weighted by Gasteiger charge is 2.45. The number of urea groups is 1. The van der Waals surface area contributed by atoms with E-state index >= 15 is 0 Å². The molecule has 0 saturated carbocycles. The predicted molar refractivity (Wildman–Crippen MR) is 306 cm³/mol. The number of ether oxygens (including phenoxy) is 2. The molecule has 3 saturated heterocycles. The number of amides is 4. The van der Waals surface area contributed by atoms with Gasteiger partial charge in [-0.05, 0) is 25.7 Å². The molecule has 75 heavy (non-hydrogen) atoms. The van der Waals surface area contributed by atoms with Crippen molar-refractivity contribution in [3.63, 3.8) is 0 Å². The fraction of sp³-hybridized carbons (Fsp3) is 0.950. The van der Waals surface area contributed by atoms with Crippen LogP contribution in [-0.2, 0) is 19.1 Å². The third kappa shape index (κ3) is 31.0. The molecular weight excluding hydrogens is 969 g/mol. The molecule has 3 heterocycles. The van der Waals surface area contributed by atoms with Gasteiger partial charge in [-0.3, -0.25) is 9.59 Å². The van der Waals surface area contributed by atoms with Crippen LogP contribution in [0.4, 0.5) is 4.79 Å². The molecule has 0 aliphatic carbocycles. The molecule has 3 fully saturated rings. The highest BCUT2D eigenvalue weighted by molar-refractivity contribution is 8.00. The SMILES string of the molecule is CCCCCCCCCCCCCCCCCCCCCCCCCC(=O)N[C@@H](CO[C@@H]1O[C@H](CNC(=O)CCCC[C@@H]2SC[C@@H]3NC(=O)N[C@@H]32)[C@H](O)[C@H](O)[C@H]1O)[C@H](O)[C@H](O)CCCCCCCCCCCCCC. The molecule has 9 N–H and O–H groups in total. The normalized spacial score (nSPS) is 23.6. The lowest BCUT2D eigenvalue weighted by Gasteiger charge is -2.41. The number of thioether (sulfide) groups is 1. The topological polar surface area (TPSA) is 219 Å². The van der Waals surface area contributed by atoms with E-state index in [0.717, 1.165) is 63.5 Å². The van der Waals surface area contributed by atoms with Crippen molar-refractivity contribution in [1.29, 1.82) is 0 Å². The van der Waals surface area contributed by atoms with Crippen LogP contribution in [-0.4, -0.2) is 129 Å². The Morgan fingerprint density at radius 1 is 0.587 bits per heavy atom. The Bertz CT molecular complexity index is 1420. The number of carbonyl (C=O) groups is 3. The van der Waals surface area contributed by atoms with E-state index in [1.165, 1.54) is 173 Å². The third-order valence-corrected chi connectivity index (χ3v) is 17.7. The van der Waals surface area contributed by atoms with E-state index in [9.17, 15) is 39.9 Å². The van der Waals surface area contributed by atoms with Gasteiger partial charge in [0.25, 0.3) is 0 Å². The molecule has 0 aromatic heterocycles. The van der Waals surface area contributed by atoms with E-state index in [-0.39, 0.29) is 55.9 Å². The molecule has 3 aliphatic rings. The molecule has 440 valence electrons. The minimum atomic E-state index is -1.65. The van der Waals surface area contributed by atoms with Gasteiger partial charge in [0.05, 0.1) is 30.8 Å². The highest BCUT2D eigenvalue weighted by Crippen LogP contribution is 2.33. The number of aliphatic hydroxyl groups excluding tert-OH is 5. The van der Waals surface area contributed by atoms with Crippen LogP contribution < -0.4 is 21.3 Å². The summed E-state index contributed by atoms with van der Waals surface area (Å²) in [6, 6.07) is -0.888. The van der Waals surface area contributed by atoms with Crippen LogP contribution in [0, 0.1) is 0 Å². The van der Waals surface area contributed by atoms with Gasteiger partial charge >= 0.3 is 6.03 Å². The first-order chi connectivity index (χ1) is 36.5. The van der Waals surface area contributed by atoms with Gasteiger partial charge in [-0.2, -0.15) is 11.8 Å². The molecule has 14 nitrogen and oxygen atoms in total. The zero-order valence-corrected chi connectivity index (χ0v) is 48.5. The van der Waals surface area contributed by atoms with Crippen LogP contribution >= 0.6 is 11.8 Å². The lowest BCUT2D eigenvalue weighted by Crippen LogP contribution is -2.61. The number of hydrogen-bond donors (Lipinski definition) is 9. The second-order valence-corrected chi connectivity index (χ2v) is 24.2. The summed E-state index contributed by atoms with van der Waals surface area (Å²) in [5.41, 5.74) is 0. The summed E-state index contributed by atoms with van der Waals surface area (Å²) in [6.07, 6.45) is 37.4. The van der Waals surface area contributed by atoms with E-state index in [0.29, 0.717) is 24.5 Å². The predicted octanol–water partition coefficient (Wildman–Crippen LogP) is 11.3. The molecule has 0 radical (unpaired) electrons. The number of fused-ring (bicyclic) bond motifs is 1. The summed E-state index contributed by atoms with van der Waals surface area (Å²) >= 11 is 1.83. The number of hydrogen-bond acceptors (Lipinski definition) is 11. The average molecular weight is 1080 g/mol.